The minimum Gasteiger partial charge on any atom is -0.473 e. The summed E-state index contributed by atoms with van der Waals surface area (Å²) in [7, 11) is 0. The highest BCUT2D eigenvalue weighted by molar-refractivity contribution is 6.27. The summed E-state index contributed by atoms with van der Waals surface area (Å²) in [4.78, 5) is 20.7. The first-order valence-corrected chi connectivity index (χ1v) is 7.42. The van der Waals surface area contributed by atoms with Gasteiger partial charge in [0.25, 0.3) is 0 Å². The number of carboxylic acid groups (broad SMARTS) is 2. The van der Waals surface area contributed by atoms with Gasteiger partial charge in [0.05, 0.1) is 0 Å². The molecule has 6 nitrogen and oxygen atoms in total. The van der Waals surface area contributed by atoms with E-state index in [-0.39, 0.29) is 0 Å². The normalized spacial score (nSPS) is 16.7. The Hall–Kier alpha value is -2.60. The van der Waals surface area contributed by atoms with Crippen molar-refractivity contribution in [2.75, 3.05) is 24.5 Å². The molecule has 1 atom stereocenters. The molecule has 0 spiro atoms. The Balaban J connectivity index is 0.000000277. The zero-order valence-electron chi connectivity index (χ0n) is 12.7. The lowest BCUT2D eigenvalue weighted by molar-refractivity contribution is -0.159. The molecule has 0 amide bonds. The van der Waals surface area contributed by atoms with Crippen LogP contribution in [0, 0.1) is 5.92 Å². The van der Waals surface area contributed by atoms with Gasteiger partial charge in [-0.05, 0) is 30.3 Å². The number of nitrogens with zero attached hydrogens (tertiary/aromatic N) is 1. The van der Waals surface area contributed by atoms with Gasteiger partial charge in [0.1, 0.15) is 0 Å². The molecule has 1 heterocycles. The standard InChI is InChI=1S/C15H18N2.C2H2O4/c16-10-12-8-9-17(11-12)15-7-3-5-13-4-1-2-6-14(13)15;3-1(4)2(5)6/h1-7,12H,8-11,16H2;(H,3,4)(H,5,6). The summed E-state index contributed by atoms with van der Waals surface area (Å²) in [5, 5.41) is 17.5. The maximum Gasteiger partial charge on any atom is 0.414 e. The van der Waals surface area contributed by atoms with Gasteiger partial charge >= 0.3 is 11.9 Å². The molecule has 1 fully saturated rings. The van der Waals surface area contributed by atoms with E-state index in [2.05, 4.69) is 47.4 Å². The Bertz CT molecular complexity index is 685. The summed E-state index contributed by atoms with van der Waals surface area (Å²) in [5.41, 5.74) is 7.12. The molecule has 0 aliphatic carbocycles. The second kappa shape index (κ2) is 7.60. The second-order valence-electron chi connectivity index (χ2n) is 5.44. The molecule has 23 heavy (non-hydrogen) atoms. The lowest BCUT2D eigenvalue weighted by Gasteiger charge is -2.20. The monoisotopic (exact) mass is 316 g/mol. The summed E-state index contributed by atoms with van der Waals surface area (Å²) in [5.74, 6) is -2.99. The van der Waals surface area contributed by atoms with Crippen LogP contribution < -0.4 is 10.6 Å². The van der Waals surface area contributed by atoms with Gasteiger partial charge in [-0.3, -0.25) is 0 Å². The number of rotatable bonds is 2. The minimum absolute atomic E-state index is 0.661. The highest BCUT2D eigenvalue weighted by atomic mass is 16.4. The number of carbonyl (C=O) groups is 2. The van der Waals surface area contributed by atoms with E-state index in [9.17, 15) is 0 Å². The van der Waals surface area contributed by atoms with E-state index < -0.39 is 11.9 Å². The Morgan fingerprint density at radius 2 is 1.74 bits per heavy atom. The highest BCUT2D eigenvalue weighted by Crippen LogP contribution is 2.30. The first-order chi connectivity index (χ1) is 11.0. The molecule has 2 aromatic carbocycles. The summed E-state index contributed by atoms with van der Waals surface area (Å²) >= 11 is 0. The van der Waals surface area contributed by atoms with Crippen LogP contribution in [0.25, 0.3) is 10.8 Å². The molecule has 0 radical (unpaired) electrons. The largest absolute Gasteiger partial charge is 0.473 e. The summed E-state index contributed by atoms with van der Waals surface area (Å²) in [6.07, 6.45) is 1.22. The molecule has 3 rings (SSSR count). The van der Waals surface area contributed by atoms with E-state index >= 15 is 0 Å². The van der Waals surface area contributed by atoms with Crippen LogP contribution in [0.5, 0.6) is 0 Å². The van der Waals surface area contributed by atoms with Crippen LogP contribution in [0.1, 0.15) is 6.42 Å². The van der Waals surface area contributed by atoms with Crippen molar-refractivity contribution in [3.05, 3.63) is 42.5 Å². The SMILES string of the molecule is NCC1CCN(c2cccc3ccccc23)C1.O=C(O)C(=O)O. The van der Waals surface area contributed by atoms with Crippen LogP contribution in [0.3, 0.4) is 0 Å². The van der Waals surface area contributed by atoms with Gasteiger partial charge in [-0.2, -0.15) is 0 Å². The second-order valence-corrected chi connectivity index (χ2v) is 5.44. The van der Waals surface area contributed by atoms with Crippen molar-refractivity contribution in [1.29, 1.82) is 0 Å². The molecule has 4 N–H and O–H groups in total. The van der Waals surface area contributed by atoms with Gasteiger partial charge in [0.15, 0.2) is 0 Å². The van der Waals surface area contributed by atoms with Crippen molar-refractivity contribution in [2.45, 2.75) is 6.42 Å². The van der Waals surface area contributed by atoms with Gasteiger partial charge in [-0.1, -0.05) is 36.4 Å². The van der Waals surface area contributed by atoms with Gasteiger partial charge in [0, 0.05) is 24.2 Å². The fourth-order valence-corrected chi connectivity index (χ4v) is 2.73. The van der Waals surface area contributed by atoms with Crippen LogP contribution in [-0.2, 0) is 9.59 Å². The van der Waals surface area contributed by atoms with Crippen molar-refractivity contribution < 1.29 is 19.8 Å². The number of fused-ring (bicyclic) bond motifs is 1. The van der Waals surface area contributed by atoms with E-state index in [1.807, 2.05) is 0 Å². The zero-order valence-corrected chi connectivity index (χ0v) is 12.7. The molecule has 1 unspecified atom stereocenters. The van der Waals surface area contributed by atoms with E-state index in [0.717, 1.165) is 19.6 Å². The number of anilines is 1. The summed E-state index contributed by atoms with van der Waals surface area (Å²) in [6.45, 7) is 3.04. The van der Waals surface area contributed by atoms with E-state index in [4.69, 9.17) is 25.5 Å². The third kappa shape index (κ3) is 4.20. The van der Waals surface area contributed by atoms with Crippen LogP contribution in [0.15, 0.2) is 42.5 Å². The number of hydrogen-bond donors (Lipinski definition) is 3. The topological polar surface area (TPSA) is 104 Å². The van der Waals surface area contributed by atoms with Crippen molar-refractivity contribution in [3.63, 3.8) is 0 Å². The average Bonchev–Trinajstić information content (AvgIpc) is 3.03. The quantitative estimate of drug-likeness (QED) is 0.730. The highest BCUT2D eigenvalue weighted by Gasteiger charge is 2.22. The van der Waals surface area contributed by atoms with Crippen LogP contribution in [0.4, 0.5) is 5.69 Å². The molecular weight excluding hydrogens is 296 g/mol. The molecule has 122 valence electrons. The summed E-state index contributed by atoms with van der Waals surface area (Å²) in [6, 6.07) is 15.1. The van der Waals surface area contributed by atoms with Gasteiger partial charge in [-0.25, -0.2) is 9.59 Å². The Kier molecular flexibility index (Phi) is 5.54. The van der Waals surface area contributed by atoms with Crippen molar-refractivity contribution in [1.82, 2.24) is 0 Å². The Morgan fingerprint density at radius 3 is 2.35 bits per heavy atom. The van der Waals surface area contributed by atoms with E-state index in [1.54, 1.807) is 0 Å². The fourth-order valence-electron chi connectivity index (χ4n) is 2.73. The minimum atomic E-state index is -1.82. The first-order valence-electron chi connectivity index (χ1n) is 7.42. The van der Waals surface area contributed by atoms with E-state index in [1.165, 1.54) is 22.9 Å². The molecule has 6 heteroatoms. The number of aliphatic carboxylic acids is 2. The van der Waals surface area contributed by atoms with Crippen LogP contribution >= 0.6 is 0 Å². The molecule has 1 saturated heterocycles. The Morgan fingerprint density at radius 1 is 1.09 bits per heavy atom. The molecule has 0 saturated carbocycles. The molecule has 2 aromatic rings. The number of benzene rings is 2. The predicted octanol–water partition coefficient (Wildman–Crippen LogP) is 1.78. The zero-order chi connectivity index (χ0) is 16.8. The molecule has 0 bridgehead atoms. The van der Waals surface area contributed by atoms with Gasteiger partial charge in [-0.15, -0.1) is 0 Å². The van der Waals surface area contributed by atoms with Crippen LogP contribution in [-0.4, -0.2) is 41.8 Å². The summed E-state index contributed by atoms with van der Waals surface area (Å²) < 4.78 is 0. The van der Waals surface area contributed by atoms with Crippen molar-refractivity contribution in [3.8, 4) is 0 Å². The van der Waals surface area contributed by atoms with Gasteiger partial charge in [0.2, 0.25) is 0 Å². The maximum absolute atomic E-state index is 9.10. The Labute approximate surface area is 134 Å². The first kappa shape index (κ1) is 16.8. The van der Waals surface area contributed by atoms with Crippen LogP contribution in [0.2, 0.25) is 0 Å². The third-order valence-electron chi connectivity index (χ3n) is 3.91. The number of carboxylic acids is 2. The van der Waals surface area contributed by atoms with E-state index in [0.29, 0.717) is 5.92 Å². The van der Waals surface area contributed by atoms with Crippen molar-refractivity contribution in [2.24, 2.45) is 11.7 Å². The third-order valence-corrected chi connectivity index (χ3v) is 3.91. The number of nitrogens with two attached hydrogens (primary N) is 1. The van der Waals surface area contributed by atoms with Gasteiger partial charge < -0.3 is 20.8 Å². The molecule has 1 aliphatic heterocycles. The molecule has 0 aromatic heterocycles. The fraction of sp³-hybridized carbons (Fsp3) is 0.294. The average molecular weight is 316 g/mol. The lowest BCUT2D eigenvalue weighted by Crippen LogP contribution is -2.22. The smallest absolute Gasteiger partial charge is 0.414 e. The molecule has 1 aliphatic rings. The lowest BCUT2D eigenvalue weighted by atomic mass is 10.1. The predicted molar refractivity (Wildman–Crippen MR) is 88.6 cm³/mol. The maximum atomic E-state index is 9.10. The number of hydrogen-bond acceptors (Lipinski definition) is 4. The van der Waals surface area contributed by atoms with Crippen molar-refractivity contribution >= 4 is 28.4 Å². The molecular formula is C17H20N2O4.